The molecule has 36 heavy (non-hydrogen) atoms. The molecule has 3 aromatic carbocycles. The first kappa shape index (κ1) is 24.5. The van der Waals surface area contributed by atoms with Crippen molar-refractivity contribution in [1.29, 1.82) is 0 Å². The number of rotatable bonds is 8. The van der Waals surface area contributed by atoms with Crippen molar-refractivity contribution in [3.63, 3.8) is 0 Å². The van der Waals surface area contributed by atoms with Gasteiger partial charge in [-0.3, -0.25) is 14.7 Å². The normalized spacial score (nSPS) is 10.8. The first-order valence-corrected chi connectivity index (χ1v) is 11.0. The van der Waals surface area contributed by atoms with Crippen LogP contribution in [-0.4, -0.2) is 36.4 Å². The van der Waals surface area contributed by atoms with E-state index in [1.807, 2.05) is 24.3 Å². The van der Waals surface area contributed by atoms with Crippen molar-refractivity contribution in [1.82, 2.24) is 10.2 Å². The Labute approximate surface area is 206 Å². The number of esters is 2. The number of carbonyl (C=O) groups is 2. The van der Waals surface area contributed by atoms with Crippen molar-refractivity contribution in [2.75, 3.05) is 20.0 Å². The zero-order valence-electron chi connectivity index (χ0n) is 19.7. The average molecular weight is 490 g/mol. The van der Waals surface area contributed by atoms with Crippen LogP contribution in [0.4, 0.5) is 10.2 Å². The molecule has 0 fully saturated rings. The first-order valence-electron chi connectivity index (χ1n) is 11.0. The maximum atomic E-state index is 14.4. The molecule has 0 spiro atoms. The molecule has 4 aromatic rings. The lowest BCUT2D eigenvalue weighted by Crippen LogP contribution is -2.24. The third-order valence-corrected chi connectivity index (χ3v) is 5.67. The molecule has 0 bridgehead atoms. The Balaban J connectivity index is 1.46. The largest absolute Gasteiger partial charge is 0.489 e. The van der Waals surface area contributed by atoms with E-state index in [-0.39, 0.29) is 18.2 Å². The summed E-state index contributed by atoms with van der Waals surface area (Å²) in [7, 11) is 2.42. The van der Waals surface area contributed by atoms with Crippen molar-refractivity contribution in [3.05, 3.63) is 89.7 Å². The standard InChI is InChI=1S/C27H24FN3O5/c1-34-26(32)22(27(33)35-2)17-11-13-19(14-12-17)36-15-16-7-9-18(10-8-16)24-23(25(29)31-30-24)20-5-3-4-6-21(20)28/h3-14,22H,15H2,1-2H3,(H3,29,30,31). The number of aromatic nitrogens is 2. The SMILES string of the molecule is COC(=O)C(C(=O)OC)c1ccc(OCc2ccc(-c3[nH]nc(N)c3-c3ccccc3F)cc2)cc1. The van der Waals surface area contributed by atoms with Crippen LogP contribution in [0.1, 0.15) is 17.0 Å². The van der Waals surface area contributed by atoms with E-state index in [4.69, 9.17) is 19.9 Å². The predicted octanol–water partition coefficient (Wildman–Crippen LogP) is 4.47. The van der Waals surface area contributed by atoms with Gasteiger partial charge in [0.1, 0.15) is 18.2 Å². The summed E-state index contributed by atoms with van der Waals surface area (Å²) in [5, 5.41) is 6.96. The quantitative estimate of drug-likeness (QED) is 0.277. The van der Waals surface area contributed by atoms with E-state index in [9.17, 15) is 14.0 Å². The number of nitrogens with one attached hydrogen (secondary N) is 1. The molecule has 0 saturated carbocycles. The van der Waals surface area contributed by atoms with Gasteiger partial charge >= 0.3 is 11.9 Å². The molecule has 0 aliphatic heterocycles. The lowest BCUT2D eigenvalue weighted by Gasteiger charge is -2.13. The lowest BCUT2D eigenvalue weighted by molar-refractivity contribution is -0.154. The van der Waals surface area contributed by atoms with Gasteiger partial charge in [-0.1, -0.05) is 54.6 Å². The molecule has 0 radical (unpaired) electrons. The topological polar surface area (TPSA) is 117 Å². The minimum atomic E-state index is -1.16. The molecule has 4 rings (SSSR count). The van der Waals surface area contributed by atoms with Crippen molar-refractivity contribution in [2.45, 2.75) is 12.5 Å². The second-order valence-electron chi connectivity index (χ2n) is 7.87. The summed E-state index contributed by atoms with van der Waals surface area (Å²) >= 11 is 0. The van der Waals surface area contributed by atoms with E-state index >= 15 is 0 Å². The van der Waals surface area contributed by atoms with Crippen LogP contribution in [0.15, 0.2) is 72.8 Å². The fourth-order valence-electron chi connectivity index (χ4n) is 3.80. The fraction of sp³-hybridized carbons (Fsp3) is 0.148. The summed E-state index contributed by atoms with van der Waals surface area (Å²) in [6, 6.07) is 20.5. The van der Waals surface area contributed by atoms with Crippen LogP contribution in [0, 0.1) is 5.82 Å². The zero-order chi connectivity index (χ0) is 25.7. The number of H-pyrrole nitrogens is 1. The van der Waals surface area contributed by atoms with E-state index < -0.39 is 17.9 Å². The third kappa shape index (κ3) is 5.05. The van der Waals surface area contributed by atoms with Crippen molar-refractivity contribution >= 4 is 17.8 Å². The average Bonchev–Trinajstić information content (AvgIpc) is 3.29. The highest BCUT2D eigenvalue weighted by Crippen LogP contribution is 2.36. The van der Waals surface area contributed by atoms with Gasteiger partial charge in [0.25, 0.3) is 0 Å². The van der Waals surface area contributed by atoms with Crippen molar-refractivity contribution in [2.24, 2.45) is 0 Å². The summed E-state index contributed by atoms with van der Waals surface area (Å²) in [5.74, 6) is -2.17. The van der Waals surface area contributed by atoms with Crippen molar-refractivity contribution < 1.29 is 28.2 Å². The molecule has 0 saturated heterocycles. The number of aromatic amines is 1. The molecule has 9 heteroatoms. The molecular weight excluding hydrogens is 465 g/mol. The Hall–Kier alpha value is -4.66. The number of methoxy groups -OCH3 is 2. The molecule has 1 aromatic heterocycles. The van der Waals surface area contributed by atoms with Crippen LogP contribution in [-0.2, 0) is 25.7 Å². The number of hydrogen-bond acceptors (Lipinski definition) is 7. The summed E-state index contributed by atoms with van der Waals surface area (Å²) in [5.41, 5.74) is 9.64. The van der Waals surface area contributed by atoms with Gasteiger partial charge in [-0.15, -0.1) is 0 Å². The van der Waals surface area contributed by atoms with Gasteiger partial charge in [-0.2, -0.15) is 5.10 Å². The number of nitrogen functional groups attached to an aromatic ring is 1. The molecule has 0 atom stereocenters. The summed E-state index contributed by atoms with van der Waals surface area (Å²) in [6.45, 7) is 0.280. The lowest BCUT2D eigenvalue weighted by atomic mass is 9.99. The van der Waals surface area contributed by atoms with Gasteiger partial charge in [-0.25, -0.2) is 4.39 Å². The highest BCUT2D eigenvalue weighted by atomic mass is 19.1. The van der Waals surface area contributed by atoms with Gasteiger partial charge in [0.05, 0.1) is 25.5 Å². The number of anilines is 1. The molecule has 184 valence electrons. The predicted molar refractivity (Wildman–Crippen MR) is 131 cm³/mol. The van der Waals surface area contributed by atoms with Crippen LogP contribution in [0.25, 0.3) is 22.4 Å². The van der Waals surface area contributed by atoms with Crippen LogP contribution in [0.3, 0.4) is 0 Å². The second-order valence-corrected chi connectivity index (χ2v) is 7.87. The maximum absolute atomic E-state index is 14.4. The van der Waals surface area contributed by atoms with Gasteiger partial charge in [0.15, 0.2) is 11.7 Å². The van der Waals surface area contributed by atoms with Gasteiger partial charge in [0.2, 0.25) is 0 Å². The minimum Gasteiger partial charge on any atom is -0.489 e. The van der Waals surface area contributed by atoms with Gasteiger partial charge < -0.3 is 19.9 Å². The minimum absolute atomic E-state index is 0.215. The number of nitrogens with two attached hydrogens (primary N) is 1. The van der Waals surface area contributed by atoms with E-state index in [1.54, 1.807) is 42.5 Å². The number of ether oxygens (including phenoxy) is 3. The Morgan fingerprint density at radius 2 is 1.58 bits per heavy atom. The Morgan fingerprint density at radius 1 is 0.944 bits per heavy atom. The second kappa shape index (κ2) is 10.7. The van der Waals surface area contributed by atoms with Crippen molar-refractivity contribution in [3.8, 4) is 28.1 Å². The number of benzene rings is 3. The maximum Gasteiger partial charge on any atom is 0.324 e. The highest BCUT2D eigenvalue weighted by Gasteiger charge is 2.30. The van der Waals surface area contributed by atoms with Crippen LogP contribution in [0.2, 0.25) is 0 Å². The molecule has 0 aliphatic carbocycles. The Bertz CT molecular complexity index is 1350. The van der Waals surface area contributed by atoms with E-state index in [0.29, 0.717) is 28.1 Å². The smallest absolute Gasteiger partial charge is 0.324 e. The van der Waals surface area contributed by atoms with Crippen LogP contribution in [0.5, 0.6) is 5.75 Å². The summed E-state index contributed by atoms with van der Waals surface area (Å²) < 4.78 is 29.6. The van der Waals surface area contributed by atoms with E-state index in [1.165, 1.54) is 20.3 Å². The monoisotopic (exact) mass is 489 g/mol. The molecule has 0 unspecified atom stereocenters. The number of carbonyl (C=O) groups excluding carboxylic acids is 2. The van der Waals surface area contributed by atoms with Gasteiger partial charge in [-0.05, 0) is 29.3 Å². The molecule has 0 amide bonds. The van der Waals surface area contributed by atoms with E-state index in [0.717, 1.165) is 11.1 Å². The molecule has 8 nitrogen and oxygen atoms in total. The third-order valence-electron chi connectivity index (χ3n) is 5.67. The molecule has 3 N–H and O–H groups in total. The Kier molecular flexibility index (Phi) is 7.29. The van der Waals surface area contributed by atoms with Crippen LogP contribution < -0.4 is 10.5 Å². The number of halogens is 1. The fourth-order valence-corrected chi connectivity index (χ4v) is 3.80. The zero-order valence-corrected chi connectivity index (χ0v) is 19.7. The molecule has 1 heterocycles. The number of nitrogens with zero attached hydrogens (tertiary/aromatic N) is 1. The summed E-state index contributed by atoms with van der Waals surface area (Å²) in [6.07, 6.45) is 0. The molecule has 0 aliphatic rings. The number of hydrogen-bond donors (Lipinski definition) is 2. The Morgan fingerprint density at radius 3 is 2.19 bits per heavy atom. The van der Waals surface area contributed by atoms with Crippen LogP contribution >= 0.6 is 0 Å². The summed E-state index contributed by atoms with van der Waals surface area (Å²) in [4.78, 5) is 23.9. The highest BCUT2D eigenvalue weighted by molar-refractivity contribution is 6.00. The van der Waals surface area contributed by atoms with Gasteiger partial charge in [0, 0.05) is 11.1 Å². The van der Waals surface area contributed by atoms with E-state index in [2.05, 4.69) is 10.2 Å². The first-order chi connectivity index (χ1) is 17.4. The molecular formula is C27H24FN3O5.